The van der Waals surface area contributed by atoms with Gasteiger partial charge in [-0.15, -0.1) is 0 Å². The molecule has 0 aliphatic carbocycles. The molecule has 1 heterocycles. The number of halogens is 2. The minimum Gasteiger partial charge on any atom is -0.494 e. The van der Waals surface area contributed by atoms with Crippen LogP contribution in [0.15, 0.2) is 40.9 Å². The molecular weight excluding hydrogens is 432 g/mol. The number of ether oxygens (including phenoxy) is 1. The summed E-state index contributed by atoms with van der Waals surface area (Å²) in [5.41, 5.74) is 2.20. The summed E-state index contributed by atoms with van der Waals surface area (Å²) < 4.78 is 6.20. The van der Waals surface area contributed by atoms with Gasteiger partial charge in [0.1, 0.15) is 5.75 Å². The molecule has 5 nitrogen and oxygen atoms in total. The Morgan fingerprint density at radius 3 is 2.67 bits per heavy atom. The Morgan fingerprint density at radius 2 is 2.00 bits per heavy atom. The van der Waals surface area contributed by atoms with E-state index in [2.05, 4.69) is 21.2 Å². The molecule has 1 aliphatic heterocycles. The van der Waals surface area contributed by atoms with Gasteiger partial charge in [-0.25, -0.2) is 0 Å². The summed E-state index contributed by atoms with van der Waals surface area (Å²) in [7, 11) is 0. The van der Waals surface area contributed by atoms with Gasteiger partial charge < -0.3 is 15.0 Å². The summed E-state index contributed by atoms with van der Waals surface area (Å²) in [6, 6.07) is 10.9. The molecule has 0 saturated carbocycles. The van der Waals surface area contributed by atoms with Crippen LogP contribution in [-0.2, 0) is 9.59 Å². The maximum Gasteiger partial charge on any atom is 0.229 e. The van der Waals surface area contributed by atoms with E-state index in [1.807, 2.05) is 38.1 Å². The van der Waals surface area contributed by atoms with Crippen LogP contribution in [0.3, 0.4) is 0 Å². The van der Waals surface area contributed by atoms with Gasteiger partial charge in [-0.05, 0) is 71.7 Å². The molecule has 2 aromatic rings. The van der Waals surface area contributed by atoms with E-state index in [9.17, 15) is 9.59 Å². The van der Waals surface area contributed by atoms with E-state index in [4.69, 9.17) is 16.3 Å². The normalized spacial score (nSPS) is 16.5. The van der Waals surface area contributed by atoms with Crippen molar-refractivity contribution < 1.29 is 14.3 Å². The molecule has 1 saturated heterocycles. The van der Waals surface area contributed by atoms with Crippen LogP contribution in [-0.4, -0.2) is 25.0 Å². The molecule has 3 rings (SSSR count). The van der Waals surface area contributed by atoms with Crippen molar-refractivity contribution in [2.45, 2.75) is 20.3 Å². The predicted octanol–water partition coefficient (Wildman–Crippen LogP) is 4.80. The molecule has 27 heavy (non-hydrogen) atoms. The average Bonchev–Trinajstić information content (AvgIpc) is 3.05. The van der Waals surface area contributed by atoms with Crippen LogP contribution in [0.2, 0.25) is 5.02 Å². The van der Waals surface area contributed by atoms with Gasteiger partial charge in [-0.3, -0.25) is 9.59 Å². The highest BCUT2D eigenvalue weighted by Gasteiger charge is 2.35. The van der Waals surface area contributed by atoms with E-state index in [0.717, 1.165) is 21.5 Å². The largest absolute Gasteiger partial charge is 0.494 e. The van der Waals surface area contributed by atoms with E-state index >= 15 is 0 Å². The van der Waals surface area contributed by atoms with Crippen molar-refractivity contribution in [1.29, 1.82) is 0 Å². The van der Waals surface area contributed by atoms with Crippen molar-refractivity contribution >= 4 is 50.7 Å². The second-order valence-corrected chi connectivity index (χ2v) is 7.59. The molecule has 0 spiro atoms. The van der Waals surface area contributed by atoms with Gasteiger partial charge in [-0.1, -0.05) is 11.6 Å². The van der Waals surface area contributed by atoms with Gasteiger partial charge in [0.25, 0.3) is 0 Å². The Hall–Kier alpha value is -2.05. The second kappa shape index (κ2) is 8.31. The molecule has 2 amide bonds. The molecule has 1 fully saturated rings. The van der Waals surface area contributed by atoms with Crippen molar-refractivity contribution in [2.24, 2.45) is 5.92 Å². The summed E-state index contributed by atoms with van der Waals surface area (Å²) in [5.74, 6) is 0.0961. The minimum absolute atomic E-state index is 0.0649. The first-order chi connectivity index (χ1) is 12.9. The number of hydrogen-bond donors (Lipinski definition) is 1. The van der Waals surface area contributed by atoms with Crippen LogP contribution in [0.5, 0.6) is 5.75 Å². The van der Waals surface area contributed by atoms with Crippen molar-refractivity contribution in [1.82, 2.24) is 0 Å². The number of anilines is 2. The molecule has 1 aliphatic rings. The van der Waals surface area contributed by atoms with Gasteiger partial charge >= 0.3 is 0 Å². The zero-order chi connectivity index (χ0) is 19.6. The molecule has 2 aromatic carbocycles. The first kappa shape index (κ1) is 19.7. The van der Waals surface area contributed by atoms with Crippen LogP contribution in [0.25, 0.3) is 0 Å². The molecule has 7 heteroatoms. The Bertz CT molecular complexity index is 870. The fourth-order valence-corrected chi connectivity index (χ4v) is 3.64. The summed E-state index contributed by atoms with van der Waals surface area (Å²) in [4.78, 5) is 26.7. The molecule has 0 radical (unpaired) electrons. The lowest BCUT2D eigenvalue weighted by atomic mass is 10.1. The van der Waals surface area contributed by atoms with Crippen LogP contribution in [0, 0.1) is 12.8 Å². The maximum atomic E-state index is 12.7. The molecule has 142 valence electrons. The molecular formula is C20H20BrClN2O3. The van der Waals surface area contributed by atoms with Crippen LogP contribution >= 0.6 is 27.5 Å². The smallest absolute Gasteiger partial charge is 0.229 e. The van der Waals surface area contributed by atoms with Gasteiger partial charge in [0, 0.05) is 28.8 Å². The lowest BCUT2D eigenvalue weighted by molar-refractivity contribution is -0.122. The summed E-state index contributed by atoms with van der Waals surface area (Å²) >= 11 is 9.58. The highest BCUT2D eigenvalue weighted by atomic mass is 79.9. The highest BCUT2D eigenvalue weighted by molar-refractivity contribution is 9.10. The summed E-state index contributed by atoms with van der Waals surface area (Å²) in [5, 5.41) is 3.46. The van der Waals surface area contributed by atoms with Gasteiger partial charge in [0.2, 0.25) is 11.8 Å². The highest BCUT2D eigenvalue weighted by Crippen LogP contribution is 2.32. The van der Waals surface area contributed by atoms with Crippen LogP contribution in [0.4, 0.5) is 11.4 Å². The van der Waals surface area contributed by atoms with Crippen LogP contribution < -0.4 is 15.0 Å². The third-order valence-electron chi connectivity index (χ3n) is 4.55. The standard InChI is InChI=1S/C20H20BrClN2O3/c1-3-27-15-6-4-14(5-7-15)24-11-13(10-18(24)25)20(26)23-17-9-8-16(21)19(22)12(17)2/h4-9,13H,3,10-11H2,1-2H3,(H,23,26)/t13-/m1/s1. The Kier molecular flexibility index (Phi) is 6.07. The van der Waals surface area contributed by atoms with E-state index in [1.54, 1.807) is 17.0 Å². The van der Waals surface area contributed by atoms with E-state index in [1.165, 1.54) is 0 Å². The van der Waals surface area contributed by atoms with Crippen molar-refractivity contribution in [2.75, 3.05) is 23.4 Å². The SMILES string of the molecule is CCOc1ccc(N2C[C@H](C(=O)Nc3ccc(Br)c(Cl)c3C)CC2=O)cc1. The van der Waals surface area contributed by atoms with Crippen molar-refractivity contribution in [3.05, 3.63) is 51.5 Å². The number of rotatable bonds is 5. The van der Waals surface area contributed by atoms with Gasteiger partial charge in [-0.2, -0.15) is 0 Å². The van der Waals surface area contributed by atoms with Gasteiger partial charge in [0.15, 0.2) is 0 Å². The van der Waals surface area contributed by atoms with Crippen molar-refractivity contribution in [3.63, 3.8) is 0 Å². The molecule has 0 bridgehead atoms. The number of hydrogen-bond acceptors (Lipinski definition) is 3. The molecule has 0 unspecified atom stereocenters. The summed E-state index contributed by atoms with van der Waals surface area (Å²) in [6.07, 6.45) is 0.183. The quantitative estimate of drug-likeness (QED) is 0.710. The number of benzene rings is 2. The molecule has 1 atom stereocenters. The topological polar surface area (TPSA) is 58.6 Å². The number of amides is 2. The fourth-order valence-electron chi connectivity index (χ4n) is 3.04. The maximum absolute atomic E-state index is 12.7. The van der Waals surface area contributed by atoms with Crippen molar-refractivity contribution in [3.8, 4) is 5.75 Å². The number of carbonyl (C=O) groups is 2. The number of carbonyl (C=O) groups excluding carboxylic acids is 2. The second-order valence-electron chi connectivity index (χ2n) is 6.36. The number of nitrogens with zero attached hydrogens (tertiary/aromatic N) is 1. The van der Waals surface area contributed by atoms with Crippen LogP contribution in [0.1, 0.15) is 18.9 Å². The molecule has 1 N–H and O–H groups in total. The Morgan fingerprint density at radius 1 is 1.30 bits per heavy atom. The molecule has 0 aromatic heterocycles. The minimum atomic E-state index is -0.411. The lowest BCUT2D eigenvalue weighted by Crippen LogP contribution is -2.28. The summed E-state index contributed by atoms with van der Waals surface area (Å²) in [6.45, 7) is 4.70. The zero-order valence-electron chi connectivity index (χ0n) is 15.1. The third kappa shape index (κ3) is 4.28. The first-order valence-electron chi connectivity index (χ1n) is 8.69. The third-order valence-corrected chi connectivity index (χ3v) is 5.93. The van der Waals surface area contributed by atoms with E-state index in [0.29, 0.717) is 23.9 Å². The number of nitrogens with one attached hydrogen (secondary N) is 1. The lowest BCUT2D eigenvalue weighted by Gasteiger charge is -2.17. The fraction of sp³-hybridized carbons (Fsp3) is 0.300. The predicted molar refractivity (Wildman–Crippen MR) is 111 cm³/mol. The first-order valence-corrected chi connectivity index (χ1v) is 9.86. The zero-order valence-corrected chi connectivity index (χ0v) is 17.4. The Labute approximate surface area is 171 Å². The monoisotopic (exact) mass is 450 g/mol. The van der Waals surface area contributed by atoms with Gasteiger partial charge in [0.05, 0.1) is 17.5 Å². The van der Waals surface area contributed by atoms with E-state index < -0.39 is 5.92 Å². The average molecular weight is 452 g/mol. The Balaban J connectivity index is 1.69. The van der Waals surface area contributed by atoms with E-state index in [-0.39, 0.29) is 18.2 Å².